The van der Waals surface area contributed by atoms with Gasteiger partial charge in [0.1, 0.15) is 11.9 Å². The Morgan fingerprint density at radius 1 is 1.38 bits per heavy atom. The number of aliphatic carboxylic acids is 1. The van der Waals surface area contributed by atoms with Gasteiger partial charge in [-0.2, -0.15) is 0 Å². The second kappa shape index (κ2) is 7.90. The lowest BCUT2D eigenvalue weighted by Gasteiger charge is -2.24. The largest absolute Gasteiger partial charge is 0.481 e. The molecule has 2 amide bonds. The van der Waals surface area contributed by atoms with E-state index < -0.39 is 24.2 Å². The van der Waals surface area contributed by atoms with Crippen LogP contribution >= 0.6 is 0 Å². The molecule has 1 aliphatic heterocycles. The molecule has 2 rings (SSSR count). The molecular weight excluding hydrogens is 315 g/mol. The van der Waals surface area contributed by atoms with Crippen LogP contribution in [-0.4, -0.2) is 40.4 Å². The Morgan fingerprint density at radius 2 is 2.12 bits per heavy atom. The van der Waals surface area contributed by atoms with Crippen LogP contribution in [0.4, 0.5) is 10.1 Å². The number of amides is 2. The number of nitrogens with zero attached hydrogens (tertiary/aromatic N) is 1. The van der Waals surface area contributed by atoms with E-state index in [4.69, 9.17) is 5.11 Å². The van der Waals surface area contributed by atoms with Crippen LogP contribution < -0.4 is 5.32 Å². The first kappa shape index (κ1) is 17.9. The molecule has 0 radical (unpaired) electrons. The normalized spacial score (nSPS) is 16.9. The highest BCUT2D eigenvalue weighted by Crippen LogP contribution is 2.21. The predicted molar refractivity (Wildman–Crippen MR) is 86.0 cm³/mol. The number of hydrogen-bond donors (Lipinski definition) is 2. The van der Waals surface area contributed by atoms with Crippen LogP contribution in [0.25, 0.3) is 0 Å². The van der Waals surface area contributed by atoms with Gasteiger partial charge in [-0.3, -0.25) is 14.4 Å². The number of carbonyl (C=O) groups is 3. The van der Waals surface area contributed by atoms with Crippen LogP contribution in [0.5, 0.6) is 0 Å². The van der Waals surface area contributed by atoms with Crippen molar-refractivity contribution in [3.05, 3.63) is 29.6 Å². The van der Waals surface area contributed by atoms with Crippen LogP contribution in [0, 0.1) is 5.82 Å². The summed E-state index contributed by atoms with van der Waals surface area (Å²) in [5.41, 5.74) is 0.308. The smallest absolute Gasteiger partial charge is 0.307 e. The predicted octanol–water partition coefficient (Wildman–Crippen LogP) is 2.18. The molecule has 1 fully saturated rings. The maximum atomic E-state index is 13.9. The minimum absolute atomic E-state index is 0.0434. The third-order valence-corrected chi connectivity index (χ3v) is 4.00. The van der Waals surface area contributed by atoms with E-state index in [0.717, 1.165) is 18.9 Å². The quantitative estimate of drug-likeness (QED) is 0.834. The van der Waals surface area contributed by atoms with Crippen molar-refractivity contribution in [2.24, 2.45) is 0 Å². The van der Waals surface area contributed by atoms with Crippen LogP contribution in [0.1, 0.15) is 38.2 Å². The number of rotatable bonds is 6. The summed E-state index contributed by atoms with van der Waals surface area (Å²) in [5, 5.41) is 11.3. The summed E-state index contributed by atoms with van der Waals surface area (Å²) in [6.07, 6.45) is 2.06. The fourth-order valence-corrected chi connectivity index (χ4v) is 2.85. The van der Waals surface area contributed by atoms with Gasteiger partial charge in [0.15, 0.2) is 0 Å². The van der Waals surface area contributed by atoms with Crippen molar-refractivity contribution in [1.29, 1.82) is 0 Å². The minimum Gasteiger partial charge on any atom is -0.481 e. The van der Waals surface area contributed by atoms with E-state index in [2.05, 4.69) is 5.32 Å². The van der Waals surface area contributed by atoms with E-state index in [1.54, 1.807) is 4.90 Å². The van der Waals surface area contributed by atoms with Gasteiger partial charge in [-0.25, -0.2) is 4.39 Å². The van der Waals surface area contributed by atoms with Crippen LogP contribution in [0.3, 0.4) is 0 Å². The average Bonchev–Trinajstić information content (AvgIpc) is 2.99. The second-order valence-electron chi connectivity index (χ2n) is 5.86. The fourth-order valence-electron chi connectivity index (χ4n) is 2.85. The lowest BCUT2D eigenvalue weighted by atomic mass is 10.1. The molecule has 0 spiro atoms. The molecule has 1 aromatic carbocycles. The second-order valence-corrected chi connectivity index (χ2v) is 5.86. The summed E-state index contributed by atoms with van der Waals surface area (Å²) in [6.45, 7) is 2.47. The molecule has 6 nitrogen and oxygen atoms in total. The maximum absolute atomic E-state index is 13.9. The minimum atomic E-state index is -1.12. The topological polar surface area (TPSA) is 86.7 Å². The Labute approximate surface area is 139 Å². The highest BCUT2D eigenvalue weighted by atomic mass is 19.1. The number of hydrogen-bond acceptors (Lipinski definition) is 3. The molecule has 0 saturated carbocycles. The first-order chi connectivity index (χ1) is 11.4. The zero-order valence-corrected chi connectivity index (χ0v) is 13.5. The SMILES string of the molecule is CCCC(=O)N1CCCC1C(=O)Nc1ccc(CC(=O)O)c(F)c1. The molecule has 1 heterocycles. The summed E-state index contributed by atoms with van der Waals surface area (Å²) in [6, 6.07) is 3.37. The Kier molecular flexibility index (Phi) is 5.89. The van der Waals surface area contributed by atoms with Crippen molar-refractivity contribution < 1.29 is 23.9 Å². The molecule has 0 aromatic heterocycles. The summed E-state index contributed by atoms with van der Waals surface area (Å²) in [7, 11) is 0. The Morgan fingerprint density at radius 3 is 2.75 bits per heavy atom. The molecule has 130 valence electrons. The van der Waals surface area contributed by atoms with E-state index in [1.807, 2.05) is 6.92 Å². The van der Waals surface area contributed by atoms with Crippen LogP contribution in [0.2, 0.25) is 0 Å². The first-order valence-corrected chi connectivity index (χ1v) is 8.03. The number of anilines is 1. The molecule has 0 bridgehead atoms. The number of nitrogens with one attached hydrogen (secondary N) is 1. The third-order valence-electron chi connectivity index (χ3n) is 4.00. The maximum Gasteiger partial charge on any atom is 0.307 e. The average molecular weight is 336 g/mol. The van der Waals surface area contributed by atoms with Gasteiger partial charge < -0.3 is 15.3 Å². The van der Waals surface area contributed by atoms with Gasteiger partial charge in [0, 0.05) is 18.7 Å². The monoisotopic (exact) mass is 336 g/mol. The van der Waals surface area contributed by atoms with Crippen molar-refractivity contribution in [2.75, 3.05) is 11.9 Å². The number of carbonyl (C=O) groups excluding carboxylic acids is 2. The number of carboxylic acid groups (broad SMARTS) is 1. The molecule has 2 N–H and O–H groups in total. The Balaban J connectivity index is 2.05. The van der Waals surface area contributed by atoms with Crippen molar-refractivity contribution in [3.63, 3.8) is 0 Å². The van der Waals surface area contributed by atoms with E-state index in [-0.39, 0.29) is 23.1 Å². The molecule has 1 saturated heterocycles. The fraction of sp³-hybridized carbons (Fsp3) is 0.471. The van der Waals surface area contributed by atoms with E-state index in [0.29, 0.717) is 19.4 Å². The van der Waals surface area contributed by atoms with E-state index >= 15 is 0 Å². The number of benzene rings is 1. The van der Waals surface area contributed by atoms with Gasteiger partial charge in [0.05, 0.1) is 6.42 Å². The highest BCUT2D eigenvalue weighted by Gasteiger charge is 2.33. The van der Waals surface area contributed by atoms with Crippen molar-refractivity contribution in [1.82, 2.24) is 4.90 Å². The summed E-state index contributed by atoms with van der Waals surface area (Å²) < 4.78 is 13.9. The Bertz CT molecular complexity index is 647. The van der Waals surface area contributed by atoms with E-state index in [1.165, 1.54) is 12.1 Å². The molecule has 1 aromatic rings. The van der Waals surface area contributed by atoms with Gasteiger partial charge in [-0.05, 0) is 37.0 Å². The third kappa shape index (κ3) is 4.31. The van der Waals surface area contributed by atoms with Gasteiger partial charge in [0.25, 0.3) is 0 Å². The lowest BCUT2D eigenvalue weighted by Crippen LogP contribution is -2.43. The zero-order chi connectivity index (χ0) is 17.7. The standard InChI is InChI=1S/C17H21FN2O4/c1-2-4-15(21)20-8-3-5-14(20)17(24)19-12-7-6-11(9-16(22)23)13(18)10-12/h6-7,10,14H,2-5,8-9H2,1H3,(H,19,24)(H,22,23). The first-order valence-electron chi connectivity index (χ1n) is 8.03. The van der Waals surface area contributed by atoms with Crippen molar-refractivity contribution in [2.45, 2.75) is 45.1 Å². The Hall–Kier alpha value is -2.44. The van der Waals surface area contributed by atoms with Crippen LogP contribution in [-0.2, 0) is 20.8 Å². The molecule has 24 heavy (non-hydrogen) atoms. The van der Waals surface area contributed by atoms with Gasteiger partial charge in [-0.1, -0.05) is 13.0 Å². The van der Waals surface area contributed by atoms with Gasteiger partial charge in [-0.15, -0.1) is 0 Å². The molecule has 7 heteroatoms. The number of halogens is 1. The van der Waals surface area contributed by atoms with E-state index in [9.17, 15) is 18.8 Å². The molecular formula is C17H21FN2O4. The summed E-state index contributed by atoms with van der Waals surface area (Å²) >= 11 is 0. The van der Waals surface area contributed by atoms with Crippen LogP contribution in [0.15, 0.2) is 18.2 Å². The van der Waals surface area contributed by atoms with Gasteiger partial charge in [0.2, 0.25) is 11.8 Å². The van der Waals surface area contributed by atoms with Crippen molar-refractivity contribution in [3.8, 4) is 0 Å². The summed E-state index contributed by atoms with van der Waals surface area (Å²) in [4.78, 5) is 36.6. The van der Waals surface area contributed by atoms with Crippen molar-refractivity contribution >= 4 is 23.5 Å². The highest BCUT2D eigenvalue weighted by molar-refractivity contribution is 5.97. The summed E-state index contributed by atoms with van der Waals surface area (Å²) in [5.74, 6) is -2.19. The van der Waals surface area contributed by atoms with Gasteiger partial charge >= 0.3 is 5.97 Å². The number of carboxylic acids is 1. The lowest BCUT2D eigenvalue weighted by molar-refractivity contribution is -0.136. The molecule has 1 atom stereocenters. The molecule has 1 aliphatic rings. The number of likely N-dealkylation sites (tertiary alicyclic amines) is 1. The molecule has 0 aliphatic carbocycles. The zero-order valence-electron chi connectivity index (χ0n) is 13.5. The molecule has 1 unspecified atom stereocenters.